The van der Waals surface area contributed by atoms with E-state index in [9.17, 15) is 62.6 Å². The first-order valence-corrected chi connectivity index (χ1v) is 27.1. The van der Waals surface area contributed by atoms with Crippen molar-refractivity contribution in [1.82, 2.24) is 42.5 Å². The Morgan fingerprint density at radius 3 is 1.40 bits per heavy atom. The van der Waals surface area contributed by atoms with Gasteiger partial charge in [0.05, 0.1) is 18.9 Å². The summed E-state index contributed by atoms with van der Waals surface area (Å²) >= 11 is 0. The van der Waals surface area contributed by atoms with E-state index >= 15 is 0 Å². The molecule has 0 radical (unpaired) electrons. The molecule has 23 N–H and O–H groups in total. The van der Waals surface area contributed by atoms with Gasteiger partial charge in [0.25, 0.3) is 0 Å². The fourth-order valence-corrected chi connectivity index (χ4v) is 8.09. The third-order valence-electron chi connectivity index (χ3n) is 13.1. The predicted octanol–water partition coefficient (Wildman–Crippen LogP) is -4.14. The van der Waals surface area contributed by atoms with Crippen LogP contribution in [0.25, 0.3) is 0 Å². The van der Waals surface area contributed by atoms with Gasteiger partial charge in [-0.3, -0.25) is 57.7 Å². The highest BCUT2D eigenvalue weighted by Gasteiger charge is 2.37. The van der Waals surface area contributed by atoms with Crippen LogP contribution in [-0.2, 0) is 64.0 Å². The largest absolute Gasteiger partial charge is 0.480 e. The fourth-order valence-electron chi connectivity index (χ4n) is 8.09. The number of carboxylic acids is 1. The van der Waals surface area contributed by atoms with Gasteiger partial charge in [0.2, 0.25) is 65.0 Å². The van der Waals surface area contributed by atoms with E-state index in [-0.39, 0.29) is 63.5 Å². The summed E-state index contributed by atoms with van der Waals surface area (Å²) in [7, 11) is 0. The molecule has 0 saturated heterocycles. The van der Waals surface area contributed by atoms with Crippen molar-refractivity contribution in [3.05, 3.63) is 35.9 Å². The van der Waals surface area contributed by atoms with Crippen molar-refractivity contribution in [1.29, 1.82) is 0 Å². The number of unbranched alkanes of at least 4 members (excludes halogenated alkanes) is 1. The normalized spacial score (nSPS) is 15.1. The van der Waals surface area contributed by atoms with Gasteiger partial charge in [-0.25, -0.2) is 4.79 Å². The minimum atomic E-state index is -1.73. The number of hydrogen-bond acceptors (Lipinski definition) is 15. The number of carbonyl (C=O) groups excluding carboxylic acids is 11. The van der Waals surface area contributed by atoms with Crippen molar-refractivity contribution in [3.8, 4) is 0 Å². The molecule has 0 aliphatic heterocycles. The Balaban J connectivity index is 3.62. The first kappa shape index (κ1) is 71.1. The molecule has 29 nitrogen and oxygen atoms in total. The fraction of sp³-hybridized carbons (Fsp3) is 0.635. The summed E-state index contributed by atoms with van der Waals surface area (Å²) in [5, 5.41) is 30.3. The van der Waals surface area contributed by atoms with Gasteiger partial charge in [-0.05, 0) is 74.8 Å². The second kappa shape index (κ2) is 37.1. The van der Waals surface area contributed by atoms with Crippen LogP contribution in [0.4, 0.5) is 0 Å². The van der Waals surface area contributed by atoms with Gasteiger partial charge in [0, 0.05) is 19.4 Å². The molecule has 1 rings (SSSR count). The SMILES string of the molecule is CC[C@H](C)[C@H](NC(=O)[C@H](CCC(N)=O)NC(=O)[C@H](CCCCN)NC(=O)[C@@H](NC(=O)[C@H](CC(C)C)NC(=O)[C@@H](N)CC(N)=O)[C@@H](C)CC)C(=O)N[C@@H](CCCN=C(N)N)C(=O)N[C@@H](CC(N)=O)C(=O)N[C@@H](Cc1ccccc1)C(=O)O. The zero-order chi connectivity index (χ0) is 61.5. The van der Waals surface area contributed by atoms with Crippen molar-refractivity contribution < 1.29 is 62.6 Å². The zero-order valence-electron chi connectivity index (χ0n) is 47.3. The third kappa shape index (κ3) is 27.7. The number of aliphatic imine (C=N–C) groups is 1. The smallest absolute Gasteiger partial charge is 0.326 e. The molecule has 11 atom stereocenters. The molecule has 0 aromatic heterocycles. The van der Waals surface area contributed by atoms with Crippen LogP contribution in [0.15, 0.2) is 35.3 Å². The number of rotatable bonds is 40. The lowest BCUT2D eigenvalue weighted by molar-refractivity contribution is -0.142. The van der Waals surface area contributed by atoms with Crippen molar-refractivity contribution in [2.75, 3.05) is 13.1 Å². The topological polar surface area (TPSA) is 516 Å². The van der Waals surface area contributed by atoms with Crippen LogP contribution in [0.2, 0.25) is 0 Å². The van der Waals surface area contributed by atoms with E-state index in [4.69, 9.17) is 40.1 Å². The van der Waals surface area contributed by atoms with E-state index in [1.165, 1.54) is 0 Å². The number of carbonyl (C=O) groups is 12. The number of aliphatic carboxylic acids is 1. The molecule has 0 unspecified atom stereocenters. The molecule has 0 saturated carbocycles. The number of hydrogen-bond donors (Lipinski definition) is 16. The molecule has 454 valence electrons. The average Bonchev–Trinajstić information content (AvgIpc) is 3.39. The predicted molar refractivity (Wildman–Crippen MR) is 298 cm³/mol. The van der Waals surface area contributed by atoms with Crippen LogP contribution in [0.3, 0.4) is 0 Å². The number of nitrogens with zero attached hydrogens (tertiary/aromatic N) is 1. The molecule has 0 heterocycles. The van der Waals surface area contributed by atoms with Crippen LogP contribution < -0.4 is 82.7 Å². The second-order valence-corrected chi connectivity index (χ2v) is 20.5. The molecule has 0 aliphatic rings. The van der Waals surface area contributed by atoms with Crippen LogP contribution in [0.1, 0.15) is 124 Å². The number of carboxylic acid groups (broad SMARTS) is 1. The molecule has 1 aromatic carbocycles. The summed E-state index contributed by atoms with van der Waals surface area (Å²) in [5.41, 5.74) is 39.3. The Morgan fingerprint density at radius 2 is 0.938 bits per heavy atom. The zero-order valence-corrected chi connectivity index (χ0v) is 47.3. The lowest BCUT2D eigenvalue weighted by Crippen LogP contribution is -2.61. The molecular weight excluding hydrogens is 1060 g/mol. The lowest BCUT2D eigenvalue weighted by atomic mass is 9.95. The molecule has 0 bridgehead atoms. The Hall–Kier alpha value is -7.95. The highest BCUT2D eigenvalue weighted by atomic mass is 16.4. The average molecular weight is 1150 g/mol. The van der Waals surface area contributed by atoms with Crippen LogP contribution in [-0.4, -0.2) is 149 Å². The molecular formula is C52H88N16O13. The Labute approximate surface area is 472 Å². The van der Waals surface area contributed by atoms with Gasteiger partial charge in [-0.1, -0.05) is 84.7 Å². The van der Waals surface area contributed by atoms with Crippen molar-refractivity contribution >= 4 is 76.9 Å². The third-order valence-corrected chi connectivity index (χ3v) is 13.1. The minimum Gasteiger partial charge on any atom is -0.480 e. The molecule has 29 heteroatoms. The minimum absolute atomic E-state index is 0.0236. The summed E-state index contributed by atoms with van der Waals surface area (Å²) in [4.78, 5) is 164. The van der Waals surface area contributed by atoms with E-state index in [0.29, 0.717) is 24.8 Å². The Bertz CT molecular complexity index is 2320. The van der Waals surface area contributed by atoms with E-state index in [2.05, 4.69) is 47.5 Å². The monoisotopic (exact) mass is 1140 g/mol. The number of guanidine groups is 1. The molecule has 0 spiro atoms. The van der Waals surface area contributed by atoms with Gasteiger partial charge in [-0.2, -0.15) is 0 Å². The van der Waals surface area contributed by atoms with Gasteiger partial charge in [0.15, 0.2) is 5.96 Å². The highest BCUT2D eigenvalue weighted by Crippen LogP contribution is 2.15. The van der Waals surface area contributed by atoms with Crippen molar-refractivity contribution in [3.63, 3.8) is 0 Å². The lowest BCUT2D eigenvalue weighted by Gasteiger charge is -2.30. The number of benzene rings is 1. The summed E-state index contributed by atoms with van der Waals surface area (Å²) in [6.45, 7) is 10.5. The number of nitrogens with one attached hydrogen (secondary N) is 8. The Morgan fingerprint density at radius 1 is 0.506 bits per heavy atom. The van der Waals surface area contributed by atoms with Crippen LogP contribution >= 0.6 is 0 Å². The number of primary amides is 3. The summed E-state index contributed by atoms with van der Waals surface area (Å²) in [6, 6.07) is -4.65. The maximum absolute atomic E-state index is 14.4. The first-order chi connectivity index (χ1) is 38.0. The number of amides is 11. The standard InChI is InChI=1S/C52H88N16O13/c1-7-28(5)41(49(78)63-33(18-14-22-60-52(58)59)45(74)65-36(26-40(57)71)47(76)66-37(51(80)81)24-30-15-10-9-11-16-30)67-46(75)34(19-20-38(55)69)61-44(73)32(17-12-13-21-53)62-50(79)42(29(6)8-2)68-48(77)35(23-27(3)4)64-43(72)31(54)25-39(56)70/h9-11,15-16,27-29,31-37,41-42H,7-8,12-14,17-26,53-54H2,1-6H3,(H2,55,69)(H2,56,70)(H2,57,71)(H,61,73)(H,62,79)(H,63,78)(H,64,72)(H,65,74)(H,66,76)(H,67,75)(H,68,77)(H,80,81)(H4,58,59,60)/t28-,29-,31-,32-,33-,34-,35-,36-,37-,41-,42-/m0/s1. The first-order valence-electron chi connectivity index (χ1n) is 27.1. The maximum Gasteiger partial charge on any atom is 0.326 e. The van der Waals surface area contributed by atoms with Gasteiger partial charge in [0.1, 0.15) is 48.3 Å². The molecule has 1 aromatic rings. The van der Waals surface area contributed by atoms with Crippen LogP contribution in [0, 0.1) is 17.8 Å². The van der Waals surface area contributed by atoms with Crippen LogP contribution in [0.5, 0.6) is 0 Å². The van der Waals surface area contributed by atoms with E-state index < -0.39 is 163 Å². The van der Waals surface area contributed by atoms with E-state index in [1.807, 2.05) is 0 Å². The quantitative estimate of drug-likeness (QED) is 0.0169. The summed E-state index contributed by atoms with van der Waals surface area (Å²) < 4.78 is 0. The van der Waals surface area contributed by atoms with E-state index in [0.717, 1.165) is 0 Å². The maximum atomic E-state index is 14.4. The molecule has 0 fully saturated rings. The Kier molecular flexibility index (Phi) is 32.5. The van der Waals surface area contributed by atoms with Gasteiger partial charge in [-0.15, -0.1) is 0 Å². The van der Waals surface area contributed by atoms with Gasteiger partial charge >= 0.3 is 5.97 Å². The summed E-state index contributed by atoms with van der Waals surface area (Å²) in [6.07, 6.45) is -0.996. The van der Waals surface area contributed by atoms with E-state index in [1.54, 1.807) is 71.9 Å². The second-order valence-electron chi connectivity index (χ2n) is 20.5. The van der Waals surface area contributed by atoms with Gasteiger partial charge < -0.3 is 87.8 Å². The van der Waals surface area contributed by atoms with Crippen molar-refractivity contribution in [2.24, 2.45) is 62.9 Å². The highest BCUT2D eigenvalue weighted by molar-refractivity contribution is 5.99. The molecule has 81 heavy (non-hydrogen) atoms. The summed E-state index contributed by atoms with van der Waals surface area (Å²) in [5.74, 6) is -13.1. The molecule has 0 aliphatic carbocycles. The van der Waals surface area contributed by atoms with Crippen molar-refractivity contribution in [2.45, 2.75) is 179 Å². The number of nitrogens with two attached hydrogens (primary N) is 7. The molecule has 11 amide bonds.